The van der Waals surface area contributed by atoms with Crippen LogP contribution in [0.25, 0.3) is 0 Å². The van der Waals surface area contributed by atoms with E-state index in [0.29, 0.717) is 24.1 Å². The van der Waals surface area contributed by atoms with Gasteiger partial charge in [0.2, 0.25) is 5.91 Å². The molecular weight excluding hydrogens is 613 g/mol. The molecule has 3 aromatic rings. The van der Waals surface area contributed by atoms with E-state index in [0.717, 1.165) is 6.20 Å². The Hall–Kier alpha value is -4.14. The highest BCUT2D eigenvalue weighted by atomic mass is 19.3. The van der Waals surface area contributed by atoms with Gasteiger partial charge in [-0.25, -0.2) is 26.7 Å². The van der Waals surface area contributed by atoms with Crippen molar-refractivity contribution in [3.8, 4) is 0 Å². The number of alkyl carbamates (subject to hydrolysis) is 1. The maximum absolute atomic E-state index is 15.0. The van der Waals surface area contributed by atoms with E-state index in [1.165, 1.54) is 54.7 Å². The second kappa shape index (κ2) is 14.5. The number of rotatable bonds is 11. The zero-order valence-electron chi connectivity index (χ0n) is 24.7. The van der Waals surface area contributed by atoms with Crippen molar-refractivity contribution in [1.29, 1.82) is 0 Å². The lowest BCUT2D eigenvalue weighted by atomic mass is 9.85. The summed E-state index contributed by atoms with van der Waals surface area (Å²) in [6.45, 7) is 0.555. The Morgan fingerprint density at radius 3 is 2.22 bits per heavy atom. The number of carbonyl (C=O) groups excluding carboxylic acids is 2. The molecule has 5 rings (SSSR count). The number of hydrogen-bond donors (Lipinski definition) is 4. The zero-order chi connectivity index (χ0) is 32.8. The first-order chi connectivity index (χ1) is 22.0. The number of benzene rings is 2. The topological polar surface area (TPSA) is 128 Å². The molecule has 2 aliphatic rings. The number of halogens is 5. The van der Waals surface area contributed by atoms with Crippen LogP contribution in [0.15, 0.2) is 60.9 Å². The van der Waals surface area contributed by atoms with Crippen LogP contribution in [-0.4, -0.2) is 66.9 Å². The van der Waals surface area contributed by atoms with E-state index < -0.39 is 66.2 Å². The van der Waals surface area contributed by atoms with Crippen LogP contribution in [0.5, 0.6) is 0 Å². The van der Waals surface area contributed by atoms with E-state index in [2.05, 4.69) is 20.9 Å². The Kier molecular flexibility index (Phi) is 10.5. The van der Waals surface area contributed by atoms with Gasteiger partial charge in [-0.15, -0.1) is 0 Å². The maximum Gasteiger partial charge on any atom is 0.407 e. The van der Waals surface area contributed by atoms with Crippen LogP contribution < -0.4 is 21.7 Å². The lowest BCUT2D eigenvalue weighted by Gasteiger charge is -2.35. The average molecular weight is 648 g/mol. The number of hydrogen-bond acceptors (Lipinski definition) is 7. The number of nitrogens with one attached hydrogen (secondary N) is 3. The fraction of sp³-hybridized carbons (Fsp3) is 0.406. The molecule has 1 aromatic heterocycles. The first-order valence-corrected chi connectivity index (χ1v) is 14.8. The molecule has 46 heavy (non-hydrogen) atoms. The van der Waals surface area contributed by atoms with Gasteiger partial charge in [0.25, 0.3) is 5.92 Å². The monoisotopic (exact) mass is 647 g/mol. The molecule has 246 valence electrons. The summed E-state index contributed by atoms with van der Waals surface area (Å²) < 4.78 is 79.1. The van der Waals surface area contributed by atoms with Crippen LogP contribution in [-0.2, 0) is 20.7 Å². The minimum absolute atomic E-state index is 0.0199. The van der Waals surface area contributed by atoms with Crippen molar-refractivity contribution in [2.24, 2.45) is 5.73 Å². The van der Waals surface area contributed by atoms with E-state index in [4.69, 9.17) is 15.2 Å². The van der Waals surface area contributed by atoms with Gasteiger partial charge in [-0.2, -0.15) is 0 Å². The number of anilines is 1. The summed E-state index contributed by atoms with van der Waals surface area (Å²) in [6, 6.07) is 8.80. The summed E-state index contributed by atoms with van der Waals surface area (Å²) >= 11 is 0. The molecule has 5 N–H and O–H groups in total. The second-order valence-electron chi connectivity index (χ2n) is 11.5. The van der Waals surface area contributed by atoms with E-state index in [1.807, 2.05) is 0 Å². The third kappa shape index (κ3) is 8.56. The molecule has 0 spiro atoms. The van der Waals surface area contributed by atoms with E-state index in [1.54, 1.807) is 0 Å². The van der Waals surface area contributed by atoms with Crippen molar-refractivity contribution in [3.63, 3.8) is 0 Å². The molecule has 1 saturated carbocycles. The number of amides is 2. The number of nitrogens with zero attached hydrogens (tertiary/aromatic N) is 1. The number of alkyl halides is 2. The number of ether oxygens (including phenoxy) is 2. The van der Waals surface area contributed by atoms with Crippen molar-refractivity contribution in [2.45, 2.75) is 61.8 Å². The van der Waals surface area contributed by atoms with E-state index >= 15 is 0 Å². The van der Waals surface area contributed by atoms with Crippen molar-refractivity contribution >= 4 is 17.7 Å². The summed E-state index contributed by atoms with van der Waals surface area (Å²) in [5.74, 6) is -5.74. The highest BCUT2D eigenvalue weighted by Crippen LogP contribution is 2.37. The van der Waals surface area contributed by atoms with Crippen molar-refractivity contribution in [2.75, 3.05) is 25.1 Å². The van der Waals surface area contributed by atoms with E-state index in [-0.39, 0.29) is 43.0 Å². The third-order valence-corrected chi connectivity index (χ3v) is 8.09. The first kappa shape index (κ1) is 33.2. The van der Waals surface area contributed by atoms with Gasteiger partial charge in [0.15, 0.2) is 0 Å². The number of nitrogens with two attached hydrogens (primary N) is 1. The summed E-state index contributed by atoms with van der Waals surface area (Å²) in [6.07, 6.45) is 1.01. The van der Waals surface area contributed by atoms with Gasteiger partial charge in [-0.05, 0) is 48.2 Å². The summed E-state index contributed by atoms with van der Waals surface area (Å²) in [5.41, 5.74) is 7.81. The van der Waals surface area contributed by atoms with Gasteiger partial charge < -0.3 is 31.2 Å². The highest BCUT2D eigenvalue weighted by Gasteiger charge is 2.46. The smallest absolute Gasteiger partial charge is 0.407 e. The summed E-state index contributed by atoms with van der Waals surface area (Å²) in [4.78, 5) is 29.1. The van der Waals surface area contributed by atoms with Crippen LogP contribution in [0.2, 0.25) is 0 Å². The molecule has 0 bridgehead atoms. The molecule has 1 saturated heterocycles. The number of morpholine rings is 1. The first-order valence-electron chi connectivity index (χ1n) is 14.8. The number of pyridine rings is 1. The van der Waals surface area contributed by atoms with Crippen LogP contribution >= 0.6 is 0 Å². The minimum Gasteiger partial charge on any atom is -0.448 e. The standard InChI is InChI=1S/C32H34F5N5O4/c33-20-5-1-18(2-6-20)28(19-3-7-21(34)8-4-19)29(38)30(43)42-27-15-39-14-26(35)25(27)10-9-24-13-40-23(16-45-24)17-46-31(44)41-22-11-32(36,37)12-22/h1-8,14-15,22-24,28-29,40H,9-13,16-17,38H2,(H,41,44)(H,42,43)/t23-,24+,29?/m0/s1. The lowest BCUT2D eigenvalue weighted by Crippen LogP contribution is -2.52. The molecule has 14 heteroatoms. The average Bonchev–Trinajstić information content (AvgIpc) is 3.01. The van der Waals surface area contributed by atoms with Gasteiger partial charge in [0, 0.05) is 36.9 Å². The quantitative estimate of drug-likeness (QED) is 0.227. The Morgan fingerprint density at radius 1 is 1.02 bits per heavy atom. The molecule has 0 radical (unpaired) electrons. The predicted octanol–water partition coefficient (Wildman–Crippen LogP) is 4.41. The van der Waals surface area contributed by atoms with Crippen LogP contribution in [0.3, 0.4) is 0 Å². The molecule has 1 aliphatic carbocycles. The molecule has 1 unspecified atom stereocenters. The Morgan fingerprint density at radius 2 is 1.65 bits per heavy atom. The van der Waals surface area contributed by atoms with Crippen LogP contribution in [0.1, 0.15) is 41.9 Å². The van der Waals surface area contributed by atoms with E-state index in [9.17, 15) is 31.5 Å². The van der Waals surface area contributed by atoms with Crippen molar-refractivity contribution < 1.29 is 41.0 Å². The fourth-order valence-corrected chi connectivity index (χ4v) is 5.55. The molecule has 9 nitrogen and oxygen atoms in total. The van der Waals surface area contributed by atoms with Crippen molar-refractivity contribution in [1.82, 2.24) is 15.6 Å². The molecule has 1 aliphatic heterocycles. The van der Waals surface area contributed by atoms with Crippen LogP contribution in [0, 0.1) is 17.5 Å². The summed E-state index contributed by atoms with van der Waals surface area (Å²) in [5, 5.41) is 8.27. The van der Waals surface area contributed by atoms with Gasteiger partial charge in [-0.3, -0.25) is 9.78 Å². The Bertz CT molecular complexity index is 1450. The molecule has 2 amide bonds. The highest BCUT2D eigenvalue weighted by molar-refractivity contribution is 5.96. The maximum atomic E-state index is 15.0. The third-order valence-electron chi connectivity index (χ3n) is 8.09. The van der Waals surface area contributed by atoms with Crippen LogP contribution in [0.4, 0.5) is 32.4 Å². The van der Waals surface area contributed by atoms with Gasteiger partial charge in [0.05, 0.1) is 42.9 Å². The Balaban J connectivity index is 1.15. The minimum atomic E-state index is -2.75. The largest absolute Gasteiger partial charge is 0.448 e. The van der Waals surface area contributed by atoms with Gasteiger partial charge >= 0.3 is 6.09 Å². The number of aromatic nitrogens is 1. The lowest BCUT2D eigenvalue weighted by molar-refractivity contribution is -0.117. The summed E-state index contributed by atoms with van der Waals surface area (Å²) in [7, 11) is 0. The zero-order valence-corrected chi connectivity index (χ0v) is 24.7. The molecule has 3 atom stereocenters. The molecular formula is C32H34F5N5O4. The SMILES string of the molecule is NC(C(=O)Nc1cncc(F)c1CC[C@@H]1CN[C@H](COC(=O)NC2CC(F)(F)C2)CO1)C(c1ccc(F)cc1)c1ccc(F)cc1. The normalized spacial score (nSPS) is 20.1. The molecule has 2 fully saturated rings. The Labute approximate surface area is 262 Å². The molecule has 2 heterocycles. The second-order valence-corrected chi connectivity index (χ2v) is 11.5. The molecule has 2 aromatic carbocycles. The number of carbonyl (C=O) groups is 2. The fourth-order valence-electron chi connectivity index (χ4n) is 5.55. The van der Waals surface area contributed by atoms with Gasteiger partial charge in [-0.1, -0.05) is 24.3 Å². The van der Waals surface area contributed by atoms with Crippen molar-refractivity contribution in [3.05, 3.63) is 95.1 Å². The predicted molar refractivity (Wildman–Crippen MR) is 158 cm³/mol. The van der Waals surface area contributed by atoms with Gasteiger partial charge in [0.1, 0.15) is 24.1 Å².